The molecule has 4 heteroatoms. The molecule has 0 saturated heterocycles. The van der Waals surface area contributed by atoms with Crippen LogP contribution in [0.25, 0.3) is 0 Å². The van der Waals surface area contributed by atoms with Crippen LogP contribution in [0.5, 0.6) is 0 Å². The van der Waals surface area contributed by atoms with E-state index in [0.29, 0.717) is 11.7 Å². The molecule has 0 fully saturated rings. The number of aromatic amines is 1. The van der Waals surface area contributed by atoms with Gasteiger partial charge in [-0.25, -0.2) is 4.99 Å². The first-order valence-corrected chi connectivity index (χ1v) is 4.13. The van der Waals surface area contributed by atoms with Crippen molar-refractivity contribution in [2.24, 2.45) is 10.7 Å². The number of nitrogens with zero attached hydrogens (tertiary/aromatic N) is 2. The van der Waals surface area contributed by atoms with E-state index in [-0.39, 0.29) is 0 Å². The maximum absolute atomic E-state index is 5.55. The molecule has 1 aromatic heterocycles. The van der Waals surface area contributed by atoms with Gasteiger partial charge in [0.15, 0.2) is 5.82 Å². The Morgan fingerprint density at radius 1 is 1.67 bits per heavy atom. The lowest BCUT2D eigenvalue weighted by molar-refractivity contribution is 0.973. The van der Waals surface area contributed by atoms with Crippen LogP contribution in [-0.4, -0.2) is 16.0 Å². The Balaban J connectivity index is 2.76. The largest absolute Gasteiger partial charge is 0.387 e. The second kappa shape index (κ2) is 3.90. The minimum Gasteiger partial charge on any atom is -0.387 e. The fraction of sp³-hybridized carbons (Fsp3) is 0.500. The van der Waals surface area contributed by atoms with Gasteiger partial charge in [0.2, 0.25) is 0 Å². The third-order valence-corrected chi connectivity index (χ3v) is 1.62. The van der Waals surface area contributed by atoms with Gasteiger partial charge in [0.05, 0.1) is 0 Å². The van der Waals surface area contributed by atoms with E-state index in [1.807, 2.05) is 13.0 Å². The van der Waals surface area contributed by atoms with Gasteiger partial charge in [-0.15, -0.1) is 0 Å². The smallest absolute Gasteiger partial charge is 0.175 e. The lowest BCUT2D eigenvalue weighted by Crippen LogP contribution is -2.08. The summed E-state index contributed by atoms with van der Waals surface area (Å²) in [5.41, 5.74) is 6.63. The number of rotatable bonds is 3. The van der Waals surface area contributed by atoms with Gasteiger partial charge in [-0.2, -0.15) is 5.10 Å². The summed E-state index contributed by atoms with van der Waals surface area (Å²) < 4.78 is 0. The highest BCUT2D eigenvalue weighted by atomic mass is 15.2. The zero-order valence-corrected chi connectivity index (χ0v) is 7.46. The number of H-pyrrole nitrogens is 1. The van der Waals surface area contributed by atoms with Gasteiger partial charge in [-0.1, -0.05) is 13.8 Å². The first-order valence-electron chi connectivity index (χ1n) is 4.13. The zero-order valence-electron chi connectivity index (χ0n) is 7.46. The van der Waals surface area contributed by atoms with Crippen molar-refractivity contribution in [3.8, 4) is 0 Å². The molecule has 66 valence electrons. The summed E-state index contributed by atoms with van der Waals surface area (Å²) in [6.45, 7) is 4.02. The molecular weight excluding hydrogens is 152 g/mol. The van der Waals surface area contributed by atoms with Crippen molar-refractivity contribution in [1.29, 1.82) is 0 Å². The molecule has 1 rings (SSSR count). The van der Waals surface area contributed by atoms with Crippen LogP contribution in [0.2, 0.25) is 0 Å². The van der Waals surface area contributed by atoms with Gasteiger partial charge >= 0.3 is 0 Å². The molecule has 0 aliphatic carbocycles. The Hall–Kier alpha value is -1.32. The average Bonchev–Trinajstić information content (AvgIpc) is 2.52. The van der Waals surface area contributed by atoms with E-state index >= 15 is 0 Å². The van der Waals surface area contributed by atoms with E-state index in [4.69, 9.17) is 5.73 Å². The summed E-state index contributed by atoms with van der Waals surface area (Å²) in [7, 11) is 0. The third kappa shape index (κ3) is 2.08. The van der Waals surface area contributed by atoms with Gasteiger partial charge in [-0.3, -0.25) is 5.10 Å². The SMILES string of the molecule is CCC(N)=Nc1cc(CC)[nH]n1. The molecule has 1 aromatic rings. The van der Waals surface area contributed by atoms with E-state index in [0.717, 1.165) is 18.5 Å². The first kappa shape index (κ1) is 8.77. The summed E-state index contributed by atoms with van der Waals surface area (Å²) in [5.74, 6) is 1.29. The van der Waals surface area contributed by atoms with Crippen LogP contribution in [0, 0.1) is 0 Å². The minimum atomic E-state index is 0.615. The van der Waals surface area contributed by atoms with Crippen molar-refractivity contribution in [3.63, 3.8) is 0 Å². The summed E-state index contributed by atoms with van der Waals surface area (Å²) >= 11 is 0. The normalized spacial score (nSPS) is 12.0. The van der Waals surface area contributed by atoms with Crippen LogP contribution in [0.1, 0.15) is 26.0 Å². The van der Waals surface area contributed by atoms with Crippen LogP contribution in [0.3, 0.4) is 0 Å². The van der Waals surface area contributed by atoms with Crippen LogP contribution in [0.15, 0.2) is 11.1 Å². The topological polar surface area (TPSA) is 67.1 Å². The Morgan fingerprint density at radius 2 is 2.42 bits per heavy atom. The van der Waals surface area contributed by atoms with Crippen molar-refractivity contribution in [3.05, 3.63) is 11.8 Å². The summed E-state index contributed by atoms with van der Waals surface area (Å²) in [6.07, 6.45) is 1.70. The number of hydrogen-bond acceptors (Lipinski definition) is 2. The second-order valence-electron chi connectivity index (χ2n) is 2.56. The van der Waals surface area contributed by atoms with Gasteiger partial charge in [0.1, 0.15) is 5.84 Å². The second-order valence-corrected chi connectivity index (χ2v) is 2.56. The van der Waals surface area contributed by atoms with Gasteiger partial charge in [-0.05, 0) is 6.42 Å². The first-order chi connectivity index (χ1) is 5.76. The van der Waals surface area contributed by atoms with Crippen LogP contribution < -0.4 is 5.73 Å². The summed E-state index contributed by atoms with van der Waals surface area (Å²) in [5, 5.41) is 6.85. The molecule has 12 heavy (non-hydrogen) atoms. The molecular formula is C8H14N4. The number of aryl methyl sites for hydroxylation is 1. The van der Waals surface area contributed by atoms with E-state index in [1.165, 1.54) is 0 Å². The molecule has 0 aliphatic heterocycles. The van der Waals surface area contributed by atoms with Gasteiger partial charge < -0.3 is 5.73 Å². The molecule has 3 N–H and O–H groups in total. The highest BCUT2D eigenvalue weighted by Gasteiger charge is 1.96. The van der Waals surface area contributed by atoms with E-state index < -0.39 is 0 Å². The maximum atomic E-state index is 5.55. The lowest BCUT2D eigenvalue weighted by Gasteiger charge is -1.89. The van der Waals surface area contributed by atoms with Gasteiger partial charge in [0.25, 0.3) is 0 Å². The minimum absolute atomic E-state index is 0.615. The predicted octanol–water partition coefficient (Wildman–Crippen LogP) is 1.37. The number of hydrogen-bond donors (Lipinski definition) is 2. The zero-order chi connectivity index (χ0) is 8.97. The molecule has 0 saturated carbocycles. The number of aromatic nitrogens is 2. The van der Waals surface area contributed by atoms with E-state index in [2.05, 4.69) is 22.1 Å². The molecule has 0 spiro atoms. The molecule has 0 amide bonds. The Bertz CT molecular complexity index is 274. The van der Waals surface area contributed by atoms with Crippen molar-refractivity contribution >= 4 is 11.7 Å². The number of nitrogens with one attached hydrogen (secondary N) is 1. The fourth-order valence-corrected chi connectivity index (χ4v) is 0.814. The number of amidine groups is 1. The quantitative estimate of drug-likeness (QED) is 0.526. The average molecular weight is 166 g/mol. The van der Waals surface area contributed by atoms with Crippen LogP contribution >= 0.6 is 0 Å². The highest BCUT2D eigenvalue weighted by Crippen LogP contribution is 2.09. The van der Waals surface area contributed by atoms with Crippen molar-refractivity contribution in [2.45, 2.75) is 26.7 Å². The molecule has 0 aromatic carbocycles. The number of nitrogens with two attached hydrogens (primary N) is 1. The molecule has 1 heterocycles. The highest BCUT2D eigenvalue weighted by molar-refractivity contribution is 5.82. The van der Waals surface area contributed by atoms with E-state index in [9.17, 15) is 0 Å². The summed E-state index contributed by atoms with van der Waals surface area (Å²) in [4.78, 5) is 4.10. The van der Waals surface area contributed by atoms with Crippen molar-refractivity contribution < 1.29 is 0 Å². The Kier molecular flexibility index (Phi) is 2.85. The Labute approximate surface area is 71.9 Å². The van der Waals surface area contributed by atoms with Crippen LogP contribution in [-0.2, 0) is 6.42 Å². The lowest BCUT2D eigenvalue weighted by atomic mass is 10.3. The molecule has 0 atom stereocenters. The molecule has 0 aliphatic rings. The Morgan fingerprint density at radius 3 is 2.92 bits per heavy atom. The van der Waals surface area contributed by atoms with Crippen molar-refractivity contribution in [1.82, 2.24) is 10.2 Å². The molecule has 4 nitrogen and oxygen atoms in total. The fourth-order valence-electron chi connectivity index (χ4n) is 0.814. The number of aliphatic imine (C=N–C) groups is 1. The predicted molar refractivity (Wildman–Crippen MR) is 49.5 cm³/mol. The standard InChI is InChI=1S/C8H14N4/c1-3-6-5-8(12-11-6)10-7(9)4-2/h5H,3-4H2,1-2H3,(H3,9,10,11,12). The van der Waals surface area contributed by atoms with Crippen molar-refractivity contribution in [2.75, 3.05) is 0 Å². The van der Waals surface area contributed by atoms with Gasteiger partial charge in [0, 0.05) is 18.2 Å². The maximum Gasteiger partial charge on any atom is 0.175 e. The molecule has 0 radical (unpaired) electrons. The van der Waals surface area contributed by atoms with Crippen LogP contribution in [0.4, 0.5) is 5.82 Å². The molecule has 0 bridgehead atoms. The van der Waals surface area contributed by atoms with E-state index in [1.54, 1.807) is 0 Å². The summed E-state index contributed by atoms with van der Waals surface area (Å²) in [6, 6.07) is 1.91. The monoisotopic (exact) mass is 166 g/mol. The third-order valence-electron chi connectivity index (χ3n) is 1.62. The molecule has 0 unspecified atom stereocenters.